The zero-order chi connectivity index (χ0) is 15.9. The molecule has 6 nitrogen and oxygen atoms in total. The zero-order valence-electron chi connectivity index (χ0n) is 12.1. The van der Waals surface area contributed by atoms with E-state index < -0.39 is 11.9 Å². The molecular formula is C16H18N2O4. The molecule has 0 spiro atoms. The van der Waals surface area contributed by atoms with Gasteiger partial charge in [0.2, 0.25) is 0 Å². The Bertz CT molecular complexity index is 685. The van der Waals surface area contributed by atoms with Gasteiger partial charge in [-0.2, -0.15) is 0 Å². The minimum atomic E-state index is -0.468. The second-order valence-electron chi connectivity index (χ2n) is 4.71. The lowest BCUT2D eigenvalue weighted by atomic mass is 10.0. The Kier molecular flexibility index (Phi) is 5.46. The van der Waals surface area contributed by atoms with Crippen LogP contribution in [0.2, 0.25) is 0 Å². The molecule has 0 amide bonds. The summed E-state index contributed by atoms with van der Waals surface area (Å²) in [6, 6.07) is 11.5. The number of rotatable bonds is 6. The summed E-state index contributed by atoms with van der Waals surface area (Å²) in [5.74, 6) is -0.937. The smallest absolute Gasteiger partial charge is 0.320 e. The molecule has 0 aliphatic heterocycles. The molecule has 0 bridgehead atoms. The van der Waals surface area contributed by atoms with Crippen LogP contribution >= 0.6 is 0 Å². The molecule has 0 radical (unpaired) electrons. The third kappa shape index (κ3) is 4.03. The Morgan fingerprint density at radius 1 is 0.909 bits per heavy atom. The number of benzene rings is 2. The van der Waals surface area contributed by atoms with Crippen molar-refractivity contribution in [2.24, 2.45) is 11.5 Å². The van der Waals surface area contributed by atoms with Crippen LogP contribution in [0.25, 0.3) is 10.8 Å². The molecule has 0 aliphatic rings. The Balaban J connectivity index is 2.26. The summed E-state index contributed by atoms with van der Waals surface area (Å²) in [5, 5.41) is 1.95. The second kappa shape index (κ2) is 7.53. The highest BCUT2D eigenvalue weighted by atomic mass is 16.5. The lowest BCUT2D eigenvalue weighted by Crippen LogP contribution is -2.17. The first-order chi connectivity index (χ1) is 10.6. The first kappa shape index (κ1) is 15.9. The molecule has 2 rings (SSSR count). The average Bonchev–Trinajstić information content (AvgIpc) is 2.56. The summed E-state index contributed by atoms with van der Waals surface area (Å²) in [4.78, 5) is 22.4. The Labute approximate surface area is 128 Å². The average molecular weight is 302 g/mol. The summed E-state index contributed by atoms with van der Waals surface area (Å²) in [6.45, 7) is -0.0752. The minimum absolute atomic E-state index is 0.120. The van der Waals surface area contributed by atoms with Crippen LogP contribution in [0.5, 0.6) is 0 Å². The predicted octanol–water partition coefficient (Wildman–Crippen LogP) is 0.844. The first-order valence-electron chi connectivity index (χ1n) is 6.86. The van der Waals surface area contributed by atoms with Gasteiger partial charge in [-0.15, -0.1) is 0 Å². The van der Waals surface area contributed by atoms with Gasteiger partial charge < -0.3 is 20.9 Å². The quantitative estimate of drug-likeness (QED) is 0.766. The van der Waals surface area contributed by atoms with Crippen LogP contribution in [-0.2, 0) is 32.3 Å². The van der Waals surface area contributed by atoms with Crippen LogP contribution in [0.3, 0.4) is 0 Å². The largest absolute Gasteiger partial charge is 0.460 e. The van der Waals surface area contributed by atoms with Gasteiger partial charge in [0, 0.05) is 0 Å². The lowest BCUT2D eigenvalue weighted by Gasteiger charge is -2.11. The second-order valence-corrected chi connectivity index (χ2v) is 4.71. The van der Waals surface area contributed by atoms with E-state index in [0.29, 0.717) is 0 Å². The van der Waals surface area contributed by atoms with Crippen molar-refractivity contribution in [3.63, 3.8) is 0 Å². The van der Waals surface area contributed by atoms with Gasteiger partial charge in [0.05, 0.1) is 13.1 Å². The normalized spacial score (nSPS) is 10.5. The van der Waals surface area contributed by atoms with E-state index in [-0.39, 0.29) is 26.3 Å². The van der Waals surface area contributed by atoms with Crippen LogP contribution in [0.15, 0.2) is 36.4 Å². The van der Waals surface area contributed by atoms with E-state index in [2.05, 4.69) is 0 Å². The highest BCUT2D eigenvalue weighted by Crippen LogP contribution is 2.22. The molecule has 2 aromatic carbocycles. The van der Waals surface area contributed by atoms with Crippen LogP contribution < -0.4 is 11.5 Å². The highest BCUT2D eigenvalue weighted by Gasteiger charge is 2.08. The lowest BCUT2D eigenvalue weighted by molar-refractivity contribution is -0.143. The maximum atomic E-state index is 11.2. The molecule has 0 atom stereocenters. The van der Waals surface area contributed by atoms with Crippen molar-refractivity contribution in [3.8, 4) is 0 Å². The van der Waals surface area contributed by atoms with Gasteiger partial charge in [-0.05, 0) is 34.0 Å². The van der Waals surface area contributed by atoms with Crippen molar-refractivity contribution in [2.75, 3.05) is 13.1 Å². The standard InChI is InChI=1S/C16H18N2O4/c17-7-15(19)21-9-11-5-12-3-1-2-4-14(12)13(6-11)10-22-16(20)8-18/h1-6H,7-10,17-18H2. The number of nitrogens with two attached hydrogens (primary N) is 2. The SMILES string of the molecule is NCC(=O)OCc1cc(COC(=O)CN)c2ccccc2c1. The maximum Gasteiger partial charge on any atom is 0.320 e. The van der Waals surface area contributed by atoms with Crippen molar-refractivity contribution in [2.45, 2.75) is 13.2 Å². The molecule has 0 fully saturated rings. The van der Waals surface area contributed by atoms with Gasteiger partial charge in [0.1, 0.15) is 13.2 Å². The van der Waals surface area contributed by atoms with Crippen molar-refractivity contribution < 1.29 is 19.1 Å². The van der Waals surface area contributed by atoms with Crippen molar-refractivity contribution in [1.82, 2.24) is 0 Å². The van der Waals surface area contributed by atoms with Gasteiger partial charge in [0.15, 0.2) is 0 Å². The van der Waals surface area contributed by atoms with Crippen LogP contribution in [-0.4, -0.2) is 25.0 Å². The molecular weight excluding hydrogens is 284 g/mol. The van der Waals surface area contributed by atoms with Crippen molar-refractivity contribution >= 4 is 22.7 Å². The monoisotopic (exact) mass is 302 g/mol. The molecule has 22 heavy (non-hydrogen) atoms. The Morgan fingerprint density at radius 3 is 2.23 bits per heavy atom. The number of fused-ring (bicyclic) bond motifs is 1. The van der Waals surface area contributed by atoms with E-state index in [0.717, 1.165) is 21.9 Å². The van der Waals surface area contributed by atoms with Crippen LogP contribution in [0.1, 0.15) is 11.1 Å². The van der Waals surface area contributed by atoms with Gasteiger partial charge in [-0.3, -0.25) is 9.59 Å². The van der Waals surface area contributed by atoms with Gasteiger partial charge in [0.25, 0.3) is 0 Å². The number of hydrogen-bond acceptors (Lipinski definition) is 6. The fourth-order valence-electron chi connectivity index (χ4n) is 2.10. The molecule has 0 aliphatic carbocycles. The van der Waals surface area contributed by atoms with Crippen molar-refractivity contribution in [3.05, 3.63) is 47.5 Å². The van der Waals surface area contributed by atoms with Gasteiger partial charge >= 0.3 is 11.9 Å². The zero-order valence-corrected chi connectivity index (χ0v) is 12.1. The Morgan fingerprint density at radius 2 is 1.55 bits per heavy atom. The molecule has 2 aromatic rings. The van der Waals surface area contributed by atoms with Gasteiger partial charge in [-0.25, -0.2) is 0 Å². The van der Waals surface area contributed by atoms with E-state index >= 15 is 0 Å². The minimum Gasteiger partial charge on any atom is -0.460 e. The first-order valence-corrected chi connectivity index (χ1v) is 6.86. The topological polar surface area (TPSA) is 105 Å². The predicted molar refractivity (Wildman–Crippen MR) is 81.6 cm³/mol. The molecule has 0 unspecified atom stereocenters. The molecule has 116 valence electrons. The summed E-state index contributed by atoms with van der Waals surface area (Å²) in [6.07, 6.45) is 0. The molecule has 4 N–H and O–H groups in total. The van der Waals surface area contributed by atoms with E-state index in [1.807, 2.05) is 36.4 Å². The summed E-state index contributed by atoms with van der Waals surface area (Å²) in [7, 11) is 0. The molecule has 0 saturated carbocycles. The number of carbonyl (C=O) groups is 2. The molecule has 6 heteroatoms. The van der Waals surface area contributed by atoms with Gasteiger partial charge in [-0.1, -0.05) is 24.3 Å². The summed E-state index contributed by atoms with van der Waals surface area (Å²) >= 11 is 0. The number of carbonyl (C=O) groups excluding carboxylic acids is 2. The van der Waals surface area contributed by atoms with Crippen LogP contribution in [0, 0.1) is 0 Å². The molecule has 0 saturated heterocycles. The third-order valence-corrected chi connectivity index (χ3v) is 3.13. The van der Waals surface area contributed by atoms with E-state index in [1.165, 1.54) is 0 Å². The summed E-state index contributed by atoms with van der Waals surface area (Å²) in [5.41, 5.74) is 12.1. The third-order valence-electron chi connectivity index (χ3n) is 3.13. The van der Waals surface area contributed by atoms with Crippen LogP contribution in [0.4, 0.5) is 0 Å². The van der Waals surface area contributed by atoms with E-state index in [4.69, 9.17) is 20.9 Å². The van der Waals surface area contributed by atoms with Crippen molar-refractivity contribution in [1.29, 1.82) is 0 Å². The Hall–Kier alpha value is -2.44. The van der Waals surface area contributed by atoms with E-state index in [9.17, 15) is 9.59 Å². The fraction of sp³-hybridized carbons (Fsp3) is 0.250. The highest BCUT2D eigenvalue weighted by molar-refractivity contribution is 5.86. The molecule has 0 heterocycles. The summed E-state index contributed by atoms with van der Waals surface area (Å²) < 4.78 is 10.1. The maximum absolute atomic E-state index is 11.2. The fourth-order valence-corrected chi connectivity index (χ4v) is 2.10. The van der Waals surface area contributed by atoms with E-state index in [1.54, 1.807) is 0 Å². The number of hydrogen-bond donors (Lipinski definition) is 2. The number of ether oxygens (including phenoxy) is 2. The molecule has 0 aromatic heterocycles. The number of esters is 2.